The molecule has 0 bridgehead atoms. The van der Waals surface area contributed by atoms with Gasteiger partial charge in [0, 0.05) is 31.3 Å². The number of carbonyl (C=O) groups is 1. The first-order valence-corrected chi connectivity index (χ1v) is 7.36. The van der Waals surface area contributed by atoms with Crippen LogP contribution in [-0.2, 0) is 0 Å². The van der Waals surface area contributed by atoms with Crippen LogP contribution in [0.5, 0.6) is 0 Å². The third kappa shape index (κ3) is 4.44. The molecule has 0 aliphatic heterocycles. The fraction of sp³-hybridized carbons (Fsp3) is 0.533. The van der Waals surface area contributed by atoms with Crippen molar-refractivity contribution in [1.29, 1.82) is 0 Å². The Morgan fingerprint density at radius 3 is 2.33 bits per heavy atom. The number of nitro groups is 1. The number of hydrogen-bond acceptors (Lipinski definition) is 4. The van der Waals surface area contributed by atoms with E-state index in [4.69, 9.17) is 0 Å². The molecule has 1 aromatic carbocycles. The maximum atomic E-state index is 12.5. The van der Waals surface area contributed by atoms with Crippen molar-refractivity contribution >= 4 is 17.3 Å². The van der Waals surface area contributed by atoms with Gasteiger partial charge in [0.2, 0.25) is 0 Å². The molecule has 0 saturated carbocycles. The Labute approximate surface area is 125 Å². The van der Waals surface area contributed by atoms with Gasteiger partial charge in [0.25, 0.3) is 11.6 Å². The quantitative estimate of drug-likeness (QED) is 0.589. The van der Waals surface area contributed by atoms with Crippen LogP contribution in [0.1, 0.15) is 44.0 Å². The number of amides is 1. The first-order chi connectivity index (χ1) is 10.0. The lowest BCUT2D eigenvalue weighted by atomic mass is 10.1. The maximum Gasteiger partial charge on any atom is 0.292 e. The molecule has 1 rings (SSSR count). The topological polar surface area (TPSA) is 75.5 Å². The van der Waals surface area contributed by atoms with Crippen molar-refractivity contribution < 1.29 is 9.72 Å². The van der Waals surface area contributed by atoms with Crippen molar-refractivity contribution in [2.45, 2.75) is 33.6 Å². The SMILES string of the molecule is CCCN(CCC)C(=O)c1ccc([N+](=O)[O-])c(NCC)c1. The second-order valence-electron chi connectivity index (χ2n) is 4.81. The number of anilines is 1. The van der Waals surface area contributed by atoms with Crippen molar-refractivity contribution in [3.05, 3.63) is 33.9 Å². The van der Waals surface area contributed by atoms with E-state index in [0.717, 1.165) is 12.8 Å². The van der Waals surface area contributed by atoms with Gasteiger partial charge in [-0.2, -0.15) is 0 Å². The van der Waals surface area contributed by atoms with E-state index in [1.165, 1.54) is 12.1 Å². The van der Waals surface area contributed by atoms with E-state index < -0.39 is 4.92 Å². The second-order valence-corrected chi connectivity index (χ2v) is 4.81. The van der Waals surface area contributed by atoms with E-state index in [1.54, 1.807) is 11.0 Å². The minimum Gasteiger partial charge on any atom is -0.380 e. The van der Waals surface area contributed by atoms with Gasteiger partial charge in [0.05, 0.1) is 4.92 Å². The minimum atomic E-state index is -0.442. The normalized spacial score (nSPS) is 10.2. The van der Waals surface area contributed by atoms with E-state index >= 15 is 0 Å². The predicted octanol–water partition coefficient (Wildman–Crippen LogP) is 3.29. The van der Waals surface area contributed by atoms with E-state index in [2.05, 4.69) is 5.32 Å². The van der Waals surface area contributed by atoms with Crippen LogP contribution in [0.15, 0.2) is 18.2 Å². The maximum absolute atomic E-state index is 12.5. The highest BCUT2D eigenvalue weighted by Gasteiger charge is 2.19. The molecular weight excluding hydrogens is 270 g/mol. The fourth-order valence-corrected chi connectivity index (χ4v) is 2.20. The summed E-state index contributed by atoms with van der Waals surface area (Å²) < 4.78 is 0. The number of rotatable bonds is 8. The fourth-order valence-electron chi connectivity index (χ4n) is 2.20. The molecule has 6 heteroatoms. The Hall–Kier alpha value is -2.11. The molecule has 0 aliphatic carbocycles. The first-order valence-electron chi connectivity index (χ1n) is 7.36. The monoisotopic (exact) mass is 293 g/mol. The molecule has 0 saturated heterocycles. The van der Waals surface area contributed by atoms with Crippen molar-refractivity contribution in [3.8, 4) is 0 Å². The molecule has 1 aromatic rings. The third-order valence-corrected chi connectivity index (χ3v) is 3.08. The molecule has 0 heterocycles. The number of hydrogen-bond donors (Lipinski definition) is 1. The molecular formula is C15H23N3O3. The van der Waals surface area contributed by atoms with Gasteiger partial charge in [0.15, 0.2) is 0 Å². The summed E-state index contributed by atoms with van der Waals surface area (Å²) in [5, 5.41) is 13.9. The van der Waals surface area contributed by atoms with Crippen LogP contribution in [0.2, 0.25) is 0 Å². The Balaban J connectivity index is 3.08. The average Bonchev–Trinajstić information content (AvgIpc) is 2.46. The van der Waals surface area contributed by atoms with E-state index in [-0.39, 0.29) is 11.6 Å². The molecule has 0 radical (unpaired) electrons. The van der Waals surface area contributed by atoms with Gasteiger partial charge in [-0.1, -0.05) is 13.8 Å². The first kappa shape index (κ1) is 16.9. The van der Waals surface area contributed by atoms with Gasteiger partial charge in [-0.15, -0.1) is 0 Å². The number of nitro benzene ring substituents is 1. The lowest BCUT2D eigenvalue weighted by Gasteiger charge is -2.21. The highest BCUT2D eigenvalue weighted by Crippen LogP contribution is 2.26. The number of benzene rings is 1. The van der Waals surface area contributed by atoms with Gasteiger partial charge in [-0.3, -0.25) is 14.9 Å². The van der Waals surface area contributed by atoms with Gasteiger partial charge in [0.1, 0.15) is 5.69 Å². The Bertz CT molecular complexity index is 497. The lowest BCUT2D eigenvalue weighted by molar-refractivity contribution is -0.384. The van der Waals surface area contributed by atoms with Gasteiger partial charge < -0.3 is 10.2 Å². The molecule has 0 aliphatic rings. The van der Waals surface area contributed by atoms with Crippen LogP contribution in [0.25, 0.3) is 0 Å². The van der Waals surface area contributed by atoms with Crippen LogP contribution >= 0.6 is 0 Å². The largest absolute Gasteiger partial charge is 0.380 e. The second kappa shape index (κ2) is 8.24. The minimum absolute atomic E-state index is 0.00840. The predicted molar refractivity (Wildman–Crippen MR) is 83.7 cm³/mol. The number of nitrogens with zero attached hydrogens (tertiary/aromatic N) is 2. The summed E-state index contributed by atoms with van der Waals surface area (Å²) in [5.74, 6) is -0.0762. The molecule has 0 aromatic heterocycles. The van der Waals surface area contributed by atoms with Crippen LogP contribution in [-0.4, -0.2) is 35.4 Å². The van der Waals surface area contributed by atoms with Crippen LogP contribution in [0.4, 0.5) is 11.4 Å². The van der Waals surface area contributed by atoms with Crippen LogP contribution < -0.4 is 5.32 Å². The average molecular weight is 293 g/mol. The summed E-state index contributed by atoms with van der Waals surface area (Å²) in [6.07, 6.45) is 1.78. The Morgan fingerprint density at radius 2 is 1.86 bits per heavy atom. The standard InChI is InChI=1S/C15H23N3O3/c1-4-9-17(10-5-2)15(19)12-7-8-14(18(20)21)13(11-12)16-6-3/h7-8,11,16H,4-6,9-10H2,1-3H3. The molecule has 0 spiro atoms. The summed E-state index contributed by atoms with van der Waals surface area (Å²) in [7, 11) is 0. The van der Waals surface area contributed by atoms with E-state index in [9.17, 15) is 14.9 Å². The molecule has 6 nitrogen and oxygen atoms in total. The Morgan fingerprint density at radius 1 is 1.24 bits per heavy atom. The zero-order chi connectivity index (χ0) is 15.8. The van der Waals surface area contributed by atoms with Crippen molar-refractivity contribution in [2.24, 2.45) is 0 Å². The van der Waals surface area contributed by atoms with E-state index in [1.807, 2.05) is 20.8 Å². The molecule has 0 fully saturated rings. The van der Waals surface area contributed by atoms with Crippen molar-refractivity contribution in [2.75, 3.05) is 25.0 Å². The van der Waals surface area contributed by atoms with Gasteiger partial charge >= 0.3 is 0 Å². The molecule has 116 valence electrons. The van der Waals surface area contributed by atoms with Gasteiger partial charge in [-0.25, -0.2) is 0 Å². The van der Waals surface area contributed by atoms with Gasteiger partial charge in [-0.05, 0) is 31.9 Å². The van der Waals surface area contributed by atoms with Crippen molar-refractivity contribution in [3.63, 3.8) is 0 Å². The van der Waals surface area contributed by atoms with Crippen molar-refractivity contribution in [1.82, 2.24) is 4.90 Å². The molecule has 0 atom stereocenters. The zero-order valence-corrected chi connectivity index (χ0v) is 12.9. The van der Waals surface area contributed by atoms with Crippen LogP contribution in [0.3, 0.4) is 0 Å². The highest BCUT2D eigenvalue weighted by molar-refractivity contribution is 5.96. The molecule has 21 heavy (non-hydrogen) atoms. The summed E-state index contributed by atoms with van der Waals surface area (Å²) in [6, 6.07) is 4.49. The van der Waals surface area contributed by atoms with E-state index in [0.29, 0.717) is 30.9 Å². The summed E-state index contributed by atoms with van der Waals surface area (Å²) in [6.45, 7) is 7.86. The molecule has 1 amide bonds. The number of carbonyl (C=O) groups excluding carboxylic acids is 1. The van der Waals surface area contributed by atoms with Crippen LogP contribution in [0, 0.1) is 10.1 Å². The summed E-state index contributed by atoms with van der Waals surface area (Å²) in [4.78, 5) is 24.8. The summed E-state index contributed by atoms with van der Waals surface area (Å²) >= 11 is 0. The number of nitrogens with one attached hydrogen (secondary N) is 1. The zero-order valence-electron chi connectivity index (χ0n) is 12.9. The molecule has 0 unspecified atom stereocenters. The third-order valence-electron chi connectivity index (χ3n) is 3.08. The highest BCUT2D eigenvalue weighted by atomic mass is 16.6. The lowest BCUT2D eigenvalue weighted by Crippen LogP contribution is -2.32. The molecule has 1 N–H and O–H groups in total. The Kier molecular flexibility index (Phi) is 6.65. The smallest absolute Gasteiger partial charge is 0.292 e. The summed E-state index contributed by atoms with van der Waals surface area (Å²) in [5.41, 5.74) is 0.866.